The molecule has 1 aromatic heterocycles. The third-order valence-corrected chi connectivity index (χ3v) is 8.54. The summed E-state index contributed by atoms with van der Waals surface area (Å²) in [5.41, 5.74) is 3.55. The molecular weight excluding hydrogens is 678 g/mol. The average Bonchev–Trinajstić information content (AvgIpc) is 4.10. The van der Waals surface area contributed by atoms with Crippen LogP contribution in [0.4, 0.5) is 0 Å². The number of benzene rings is 4. The highest BCUT2D eigenvalue weighted by Crippen LogP contribution is 2.29. The van der Waals surface area contributed by atoms with Crippen molar-refractivity contribution in [3.8, 4) is 34.8 Å². The summed E-state index contributed by atoms with van der Waals surface area (Å²) in [6, 6.07) is 31.2. The molecule has 0 aliphatic carbocycles. The van der Waals surface area contributed by atoms with Crippen LogP contribution in [-0.2, 0) is 18.9 Å². The van der Waals surface area contributed by atoms with E-state index in [2.05, 4.69) is 4.98 Å². The number of carbonyl (C=O) groups excluding carboxylic acids is 2. The number of hydrogen-bond acceptors (Lipinski definition) is 11. The summed E-state index contributed by atoms with van der Waals surface area (Å²) in [4.78, 5) is 30.1. The normalized spacial score (nSPS) is 17.0. The van der Waals surface area contributed by atoms with E-state index >= 15 is 0 Å². The monoisotopic (exact) mass is 717 g/mol. The van der Waals surface area contributed by atoms with E-state index in [1.807, 2.05) is 45.0 Å². The lowest BCUT2D eigenvalue weighted by Crippen LogP contribution is -2.09. The first-order valence-electron chi connectivity index (χ1n) is 17.4. The van der Waals surface area contributed by atoms with Crippen LogP contribution in [0.3, 0.4) is 0 Å². The number of rotatable bonds is 16. The summed E-state index contributed by atoms with van der Waals surface area (Å²) < 4.78 is 45.1. The molecule has 11 nitrogen and oxygen atoms in total. The molecule has 0 saturated carbocycles. The number of nitrogens with zero attached hydrogens (tertiary/aromatic N) is 1. The number of hydrogen-bond donors (Lipinski definition) is 0. The van der Waals surface area contributed by atoms with Crippen molar-refractivity contribution in [3.63, 3.8) is 0 Å². The van der Waals surface area contributed by atoms with E-state index < -0.39 is 11.9 Å². The lowest BCUT2D eigenvalue weighted by molar-refractivity contribution is 0.0538. The Morgan fingerprint density at radius 1 is 0.604 bits per heavy atom. The van der Waals surface area contributed by atoms with Gasteiger partial charge in [-0.05, 0) is 110 Å². The largest absolute Gasteiger partial charge is 0.439 e. The van der Waals surface area contributed by atoms with Crippen molar-refractivity contribution in [2.24, 2.45) is 0 Å². The zero-order valence-corrected chi connectivity index (χ0v) is 29.6. The van der Waals surface area contributed by atoms with E-state index in [9.17, 15) is 9.59 Å². The van der Waals surface area contributed by atoms with Gasteiger partial charge in [-0.1, -0.05) is 24.3 Å². The lowest BCUT2D eigenvalue weighted by Gasteiger charge is -2.13. The first-order chi connectivity index (χ1) is 25.7. The molecular formula is C42H39NO10. The van der Waals surface area contributed by atoms with Gasteiger partial charge in [0.15, 0.2) is 0 Å². The Morgan fingerprint density at radius 3 is 1.32 bits per heavy atom. The van der Waals surface area contributed by atoms with Gasteiger partial charge in [-0.3, -0.25) is 0 Å². The zero-order chi connectivity index (χ0) is 36.7. The summed E-state index contributed by atoms with van der Waals surface area (Å²) in [7, 11) is 0. The van der Waals surface area contributed by atoms with Crippen LogP contribution in [-0.4, -0.2) is 55.6 Å². The quantitative estimate of drug-likeness (QED) is 0.0555. The minimum atomic E-state index is -0.492. The van der Waals surface area contributed by atoms with Gasteiger partial charge in [0.2, 0.25) is 11.8 Å². The van der Waals surface area contributed by atoms with Crippen LogP contribution in [0.1, 0.15) is 63.5 Å². The summed E-state index contributed by atoms with van der Waals surface area (Å²) in [5.74, 6) is 1.45. The first-order valence-corrected chi connectivity index (χ1v) is 17.4. The van der Waals surface area contributed by atoms with Crippen molar-refractivity contribution >= 4 is 11.9 Å². The average molecular weight is 718 g/mol. The van der Waals surface area contributed by atoms with Gasteiger partial charge in [0.25, 0.3) is 0 Å². The van der Waals surface area contributed by atoms with Crippen LogP contribution in [0, 0.1) is 6.92 Å². The van der Waals surface area contributed by atoms with Gasteiger partial charge in [0.05, 0.1) is 49.8 Å². The molecule has 2 saturated heterocycles. The van der Waals surface area contributed by atoms with Crippen LogP contribution < -0.4 is 18.9 Å². The predicted octanol–water partition coefficient (Wildman–Crippen LogP) is 8.37. The Labute approximate surface area is 307 Å². The molecule has 3 heterocycles. The molecule has 11 heteroatoms. The minimum absolute atomic E-state index is 0.0924. The molecule has 0 spiro atoms. The van der Waals surface area contributed by atoms with Gasteiger partial charge in [-0.2, -0.15) is 4.98 Å². The molecule has 4 atom stereocenters. The van der Waals surface area contributed by atoms with Crippen molar-refractivity contribution in [1.82, 2.24) is 4.98 Å². The van der Waals surface area contributed by atoms with E-state index in [0.717, 1.165) is 29.9 Å². The summed E-state index contributed by atoms with van der Waals surface area (Å²) >= 11 is 0. The number of ether oxygens (including phenoxy) is 8. The van der Waals surface area contributed by atoms with Crippen LogP contribution >= 0.6 is 0 Å². The highest BCUT2D eigenvalue weighted by atomic mass is 16.6. The summed E-state index contributed by atoms with van der Waals surface area (Å²) in [5, 5.41) is 0. The van der Waals surface area contributed by atoms with Gasteiger partial charge in [-0.25, -0.2) is 9.59 Å². The Balaban J connectivity index is 0.896. The van der Waals surface area contributed by atoms with E-state index in [1.54, 1.807) is 84.9 Å². The van der Waals surface area contributed by atoms with Crippen molar-refractivity contribution in [2.45, 2.75) is 45.2 Å². The van der Waals surface area contributed by atoms with Gasteiger partial charge >= 0.3 is 11.9 Å². The highest BCUT2D eigenvalue weighted by molar-refractivity contribution is 5.91. The molecule has 0 N–H and O–H groups in total. The highest BCUT2D eigenvalue weighted by Gasteiger charge is 2.24. The summed E-state index contributed by atoms with van der Waals surface area (Å²) in [6.07, 6.45) is 0.213. The van der Waals surface area contributed by atoms with Gasteiger partial charge in [0.1, 0.15) is 35.2 Å². The van der Waals surface area contributed by atoms with Crippen LogP contribution in [0.5, 0.6) is 34.8 Å². The smallest absolute Gasteiger partial charge is 0.343 e. The van der Waals surface area contributed by atoms with E-state index in [0.29, 0.717) is 59.1 Å². The Hall–Kier alpha value is -5.59. The second kappa shape index (κ2) is 16.4. The van der Waals surface area contributed by atoms with Crippen molar-refractivity contribution in [1.29, 1.82) is 0 Å². The van der Waals surface area contributed by atoms with Crippen LogP contribution in [0.15, 0.2) is 109 Å². The molecule has 2 fully saturated rings. The Bertz CT molecular complexity index is 1860. The Kier molecular flexibility index (Phi) is 11.1. The topological polar surface area (TPSA) is 127 Å². The maximum Gasteiger partial charge on any atom is 0.343 e. The lowest BCUT2D eigenvalue weighted by atomic mass is 10.1. The number of esters is 2. The fourth-order valence-electron chi connectivity index (χ4n) is 5.24. The fraction of sp³-hybridized carbons (Fsp3) is 0.262. The fourth-order valence-corrected chi connectivity index (χ4v) is 5.24. The predicted molar refractivity (Wildman–Crippen MR) is 193 cm³/mol. The minimum Gasteiger partial charge on any atom is -0.439 e. The molecule has 4 unspecified atom stereocenters. The molecule has 0 radical (unpaired) electrons. The number of carbonyl (C=O) groups is 2. The summed E-state index contributed by atoms with van der Waals surface area (Å²) in [6.45, 7) is 8.46. The maximum atomic E-state index is 12.8. The van der Waals surface area contributed by atoms with Crippen molar-refractivity contribution in [3.05, 3.63) is 137 Å². The standard InChI is InChI=1S/C42H39NO10/c1-26-20-39(50-33-16-8-31(9-17-33)41(44)52-35-12-4-29(5-13-35)27(2)46-22-37-24-48-37)43-40(21-26)51-34-18-10-32(11-19-34)42(45)53-36-14-6-30(7-15-36)28(3)47-23-38-25-49-38/h4-21,27-28,37-38H,22-25H2,1-3H3. The third-order valence-electron chi connectivity index (χ3n) is 8.54. The number of epoxide rings is 2. The van der Waals surface area contributed by atoms with Crippen LogP contribution in [0.2, 0.25) is 0 Å². The first kappa shape index (κ1) is 35.8. The molecule has 272 valence electrons. The van der Waals surface area contributed by atoms with Gasteiger partial charge in [-0.15, -0.1) is 0 Å². The molecule has 0 bridgehead atoms. The molecule has 7 rings (SSSR count). The SMILES string of the molecule is Cc1cc(Oc2ccc(C(=O)Oc3ccc(C(C)OCC4CO4)cc3)cc2)nc(Oc2ccc(C(=O)Oc3ccc(C(C)OCC4CO4)cc3)cc2)c1. The van der Waals surface area contributed by atoms with E-state index in [1.165, 1.54) is 0 Å². The second-order valence-electron chi connectivity index (χ2n) is 12.9. The van der Waals surface area contributed by atoms with Crippen LogP contribution in [0.25, 0.3) is 0 Å². The molecule has 53 heavy (non-hydrogen) atoms. The number of aryl methyl sites for hydroxylation is 1. The Morgan fingerprint density at radius 2 is 0.962 bits per heavy atom. The van der Waals surface area contributed by atoms with Gasteiger partial charge in [0, 0.05) is 12.1 Å². The maximum absolute atomic E-state index is 12.8. The van der Waals surface area contributed by atoms with E-state index in [4.69, 9.17) is 37.9 Å². The second-order valence-corrected chi connectivity index (χ2v) is 12.9. The molecule has 2 aliphatic rings. The molecule has 4 aromatic carbocycles. The van der Waals surface area contributed by atoms with Crippen molar-refractivity contribution < 1.29 is 47.5 Å². The molecule has 0 amide bonds. The number of aromatic nitrogens is 1. The molecule has 2 aliphatic heterocycles. The zero-order valence-electron chi connectivity index (χ0n) is 29.6. The number of pyridine rings is 1. The van der Waals surface area contributed by atoms with E-state index in [-0.39, 0.29) is 24.4 Å². The van der Waals surface area contributed by atoms with Gasteiger partial charge < -0.3 is 37.9 Å². The molecule has 5 aromatic rings. The van der Waals surface area contributed by atoms with Crippen molar-refractivity contribution in [2.75, 3.05) is 26.4 Å². The third kappa shape index (κ3) is 10.3.